The third kappa shape index (κ3) is 4.92. The first-order chi connectivity index (χ1) is 12.3. The second kappa shape index (κ2) is 8.80. The van der Waals surface area contributed by atoms with Crippen molar-refractivity contribution in [3.63, 3.8) is 0 Å². The summed E-state index contributed by atoms with van der Waals surface area (Å²) in [7, 11) is 3.46. The van der Waals surface area contributed by atoms with Crippen molar-refractivity contribution in [1.82, 2.24) is 20.4 Å². The predicted molar refractivity (Wildman–Crippen MR) is 104 cm³/mol. The average molecular weight is 359 g/mol. The van der Waals surface area contributed by atoms with Crippen LogP contribution in [0, 0.1) is 0 Å². The third-order valence-corrected chi connectivity index (χ3v) is 5.56. The van der Waals surface area contributed by atoms with E-state index in [2.05, 4.69) is 20.7 Å². The molecule has 1 fully saturated rings. The van der Waals surface area contributed by atoms with Crippen LogP contribution in [0.25, 0.3) is 5.69 Å². The number of nitrogens with one attached hydrogen (secondary N) is 2. The minimum absolute atomic E-state index is 0.640. The van der Waals surface area contributed by atoms with Crippen molar-refractivity contribution in [2.75, 3.05) is 26.5 Å². The van der Waals surface area contributed by atoms with Gasteiger partial charge in [0.05, 0.1) is 25.0 Å². The molecule has 1 saturated heterocycles. The molecule has 0 amide bonds. The number of nitrogens with zero attached hydrogens (tertiary/aromatic N) is 3. The van der Waals surface area contributed by atoms with Crippen LogP contribution in [0.4, 0.5) is 0 Å². The zero-order valence-electron chi connectivity index (χ0n) is 14.7. The standard InChI is InChI=1S/C18H25N5OS/c1-19-18(21-13-17-4-3-11-25-17)20-12-14-9-10-23(22-14)15-5-7-16(24-2)8-6-15/h5-10,17H,3-4,11-13H2,1-2H3,(H2,19,20,21). The van der Waals surface area contributed by atoms with Crippen LogP contribution in [0.5, 0.6) is 5.75 Å². The van der Waals surface area contributed by atoms with E-state index >= 15 is 0 Å². The topological polar surface area (TPSA) is 63.5 Å². The van der Waals surface area contributed by atoms with Gasteiger partial charge < -0.3 is 15.4 Å². The predicted octanol–water partition coefficient (Wildman–Crippen LogP) is 2.44. The molecule has 134 valence electrons. The lowest BCUT2D eigenvalue weighted by molar-refractivity contribution is 0.414. The molecule has 7 heteroatoms. The summed E-state index contributed by atoms with van der Waals surface area (Å²) in [6.07, 6.45) is 4.58. The molecular weight excluding hydrogens is 334 g/mol. The fourth-order valence-corrected chi connectivity index (χ4v) is 3.95. The average Bonchev–Trinajstić information content (AvgIpc) is 3.34. The smallest absolute Gasteiger partial charge is 0.191 e. The van der Waals surface area contributed by atoms with E-state index in [4.69, 9.17) is 4.74 Å². The fraction of sp³-hybridized carbons (Fsp3) is 0.444. The first kappa shape index (κ1) is 17.7. The van der Waals surface area contributed by atoms with Gasteiger partial charge in [-0.2, -0.15) is 16.9 Å². The largest absolute Gasteiger partial charge is 0.497 e. The molecule has 2 aromatic rings. The Morgan fingerprint density at radius 2 is 2.16 bits per heavy atom. The number of aromatic nitrogens is 2. The number of hydrogen-bond acceptors (Lipinski definition) is 4. The molecule has 1 aromatic carbocycles. The highest BCUT2D eigenvalue weighted by Gasteiger charge is 2.15. The van der Waals surface area contributed by atoms with E-state index in [1.807, 2.05) is 53.0 Å². The van der Waals surface area contributed by atoms with Crippen LogP contribution < -0.4 is 15.4 Å². The minimum atomic E-state index is 0.640. The molecule has 0 spiro atoms. The highest BCUT2D eigenvalue weighted by molar-refractivity contribution is 8.00. The van der Waals surface area contributed by atoms with Gasteiger partial charge in [0.25, 0.3) is 0 Å². The zero-order valence-corrected chi connectivity index (χ0v) is 15.6. The Balaban J connectivity index is 1.51. The highest BCUT2D eigenvalue weighted by Crippen LogP contribution is 2.25. The number of aliphatic imine (C=N–C) groups is 1. The summed E-state index contributed by atoms with van der Waals surface area (Å²) in [6, 6.07) is 9.85. The molecule has 6 nitrogen and oxygen atoms in total. The summed E-state index contributed by atoms with van der Waals surface area (Å²) in [5.41, 5.74) is 1.97. The SMILES string of the molecule is CN=C(NCc1ccn(-c2ccc(OC)cc2)n1)NCC1CCCS1. The highest BCUT2D eigenvalue weighted by atomic mass is 32.2. The van der Waals surface area contributed by atoms with E-state index in [9.17, 15) is 0 Å². The van der Waals surface area contributed by atoms with Crippen LogP contribution >= 0.6 is 11.8 Å². The van der Waals surface area contributed by atoms with Gasteiger partial charge in [-0.3, -0.25) is 4.99 Å². The lowest BCUT2D eigenvalue weighted by Gasteiger charge is -2.14. The van der Waals surface area contributed by atoms with Gasteiger partial charge in [-0.1, -0.05) is 0 Å². The van der Waals surface area contributed by atoms with Gasteiger partial charge in [0.2, 0.25) is 0 Å². The van der Waals surface area contributed by atoms with Crippen molar-refractivity contribution in [3.8, 4) is 11.4 Å². The van der Waals surface area contributed by atoms with Crippen LogP contribution in [0.3, 0.4) is 0 Å². The van der Waals surface area contributed by atoms with Crippen molar-refractivity contribution in [2.24, 2.45) is 4.99 Å². The molecular formula is C18H25N5OS. The third-order valence-electron chi connectivity index (χ3n) is 4.16. The maximum atomic E-state index is 5.19. The normalized spacial score (nSPS) is 17.5. The lowest BCUT2D eigenvalue weighted by Crippen LogP contribution is -2.39. The van der Waals surface area contributed by atoms with Crippen LogP contribution in [0.2, 0.25) is 0 Å². The fourth-order valence-electron chi connectivity index (χ4n) is 2.75. The van der Waals surface area contributed by atoms with E-state index < -0.39 is 0 Å². The molecule has 2 heterocycles. The molecule has 2 N–H and O–H groups in total. The molecule has 0 saturated carbocycles. The summed E-state index contributed by atoms with van der Waals surface area (Å²) in [5.74, 6) is 2.95. The Morgan fingerprint density at radius 3 is 2.84 bits per heavy atom. The summed E-state index contributed by atoms with van der Waals surface area (Å²) < 4.78 is 7.05. The number of thioether (sulfide) groups is 1. The first-order valence-corrected chi connectivity index (χ1v) is 9.58. The van der Waals surface area contributed by atoms with Gasteiger partial charge in [0.15, 0.2) is 5.96 Å². The van der Waals surface area contributed by atoms with Gasteiger partial charge in [0.1, 0.15) is 5.75 Å². The monoisotopic (exact) mass is 359 g/mol. The molecule has 1 aliphatic heterocycles. The van der Waals surface area contributed by atoms with Gasteiger partial charge in [-0.15, -0.1) is 0 Å². The van der Waals surface area contributed by atoms with Crippen molar-refractivity contribution < 1.29 is 4.74 Å². The number of methoxy groups -OCH3 is 1. The Morgan fingerprint density at radius 1 is 1.32 bits per heavy atom. The molecule has 25 heavy (non-hydrogen) atoms. The van der Waals surface area contributed by atoms with Gasteiger partial charge in [-0.25, -0.2) is 4.68 Å². The second-order valence-electron chi connectivity index (χ2n) is 5.89. The summed E-state index contributed by atoms with van der Waals surface area (Å²) in [5, 5.41) is 12.0. The number of ether oxygens (including phenoxy) is 1. The molecule has 0 aliphatic carbocycles. The number of rotatable bonds is 6. The maximum Gasteiger partial charge on any atom is 0.191 e. The molecule has 1 unspecified atom stereocenters. The molecule has 1 aromatic heterocycles. The molecule has 3 rings (SSSR count). The molecule has 1 atom stereocenters. The van der Waals surface area contributed by atoms with E-state index in [1.54, 1.807) is 14.2 Å². The van der Waals surface area contributed by atoms with Crippen molar-refractivity contribution in [2.45, 2.75) is 24.6 Å². The molecule has 0 bridgehead atoms. The number of hydrogen-bond donors (Lipinski definition) is 2. The summed E-state index contributed by atoms with van der Waals surface area (Å²) in [6.45, 7) is 1.60. The maximum absolute atomic E-state index is 5.19. The molecule has 1 aliphatic rings. The summed E-state index contributed by atoms with van der Waals surface area (Å²) in [4.78, 5) is 4.28. The van der Waals surface area contributed by atoms with E-state index in [0.717, 1.165) is 29.6 Å². The van der Waals surface area contributed by atoms with Crippen LogP contribution in [0.15, 0.2) is 41.5 Å². The quantitative estimate of drug-likeness (QED) is 0.613. The van der Waals surface area contributed by atoms with E-state index in [1.165, 1.54) is 18.6 Å². The van der Waals surface area contributed by atoms with Crippen LogP contribution in [0.1, 0.15) is 18.5 Å². The number of benzene rings is 1. The zero-order chi connectivity index (χ0) is 17.5. The van der Waals surface area contributed by atoms with Gasteiger partial charge >= 0.3 is 0 Å². The van der Waals surface area contributed by atoms with Crippen molar-refractivity contribution in [1.29, 1.82) is 0 Å². The second-order valence-corrected chi connectivity index (χ2v) is 7.30. The Bertz CT molecular complexity index is 692. The minimum Gasteiger partial charge on any atom is -0.497 e. The van der Waals surface area contributed by atoms with Crippen molar-refractivity contribution >= 4 is 17.7 Å². The van der Waals surface area contributed by atoms with Crippen molar-refractivity contribution in [3.05, 3.63) is 42.2 Å². The van der Waals surface area contributed by atoms with Gasteiger partial charge in [-0.05, 0) is 48.9 Å². The summed E-state index contributed by atoms with van der Waals surface area (Å²) >= 11 is 2.04. The lowest BCUT2D eigenvalue weighted by atomic mass is 10.2. The Hall–Kier alpha value is -2.15. The van der Waals surface area contributed by atoms with Gasteiger partial charge in [0, 0.05) is 25.0 Å². The first-order valence-electron chi connectivity index (χ1n) is 8.53. The Labute approximate surface area is 153 Å². The van der Waals surface area contributed by atoms with E-state index in [0.29, 0.717) is 11.8 Å². The number of guanidine groups is 1. The van der Waals surface area contributed by atoms with Crippen LogP contribution in [-0.4, -0.2) is 47.4 Å². The van der Waals surface area contributed by atoms with E-state index in [-0.39, 0.29) is 0 Å². The van der Waals surface area contributed by atoms with Crippen LogP contribution in [-0.2, 0) is 6.54 Å². The molecule has 0 radical (unpaired) electrons. The Kier molecular flexibility index (Phi) is 6.22.